The minimum Gasteiger partial charge on any atom is -0.486 e. The molecule has 0 saturated heterocycles. The molecule has 2 rings (SSSR count). The highest BCUT2D eigenvalue weighted by Gasteiger charge is 2.14. The summed E-state index contributed by atoms with van der Waals surface area (Å²) in [6.07, 6.45) is 0. The third kappa shape index (κ3) is 3.30. The van der Waals surface area contributed by atoms with Crippen LogP contribution < -0.4 is 4.74 Å². The number of halogens is 1. The molecule has 0 bridgehead atoms. The number of nitriles is 1. The van der Waals surface area contributed by atoms with Crippen molar-refractivity contribution in [2.45, 2.75) is 33.3 Å². The van der Waals surface area contributed by atoms with E-state index in [-0.39, 0.29) is 5.92 Å². The van der Waals surface area contributed by atoms with Crippen LogP contribution in [0.4, 0.5) is 0 Å². The third-order valence-corrected chi connectivity index (χ3v) is 4.02. The molecule has 20 heavy (non-hydrogen) atoms. The molecule has 0 atom stereocenters. The van der Waals surface area contributed by atoms with E-state index in [0.29, 0.717) is 16.5 Å². The van der Waals surface area contributed by atoms with Gasteiger partial charge in [0.15, 0.2) is 0 Å². The van der Waals surface area contributed by atoms with Gasteiger partial charge >= 0.3 is 0 Å². The molecule has 0 aliphatic carbocycles. The fourth-order valence-electron chi connectivity index (χ4n) is 1.83. The van der Waals surface area contributed by atoms with Gasteiger partial charge in [-0.25, -0.2) is 4.98 Å². The van der Waals surface area contributed by atoms with E-state index in [2.05, 4.69) is 11.1 Å². The van der Waals surface area contributed by atoms with Gasteiger partial charge in [0.1, 0.15) is 28.3 Å². The second-order valence-electron chi connectivity index (χ2n) is 4.79. The zero-order chi connectivity index (χ0) is 14.7. The fourth-order valence-corrected chi connectivity index (χ4v) is 2.98. The number of thiazole rings is 1. The molecule has 2 aromatic rings. The number of hydrogen-bond donors (Lipinski definition) is 0. The van der Waals surface area contributed by atoms with Crippen molar-refractivity contribution in [3.63, 3.8) is 0 Å². The lowest BCUT2D eigenvalue weighted by Gasteiger charge is -2.07. The van der Waals surface area contributed by atoms with Crippen LogP contribution in [-0.4, -0.2) is 4.98 Å². The minimum absolute atomic E-state index is 0.243. The first-order valence-electron chi connectivity index (χ1n) is 6.30. The van der Waals surface area contributed by atoms with Crippen molar-refractivity contribution in [3.8, 4) is 11.8 Å². The van der Waals surface area contributed by atoms with Crippen molar-refractivity contribution in [2.75, 3.05) is 0 Å². The molecule has 0 radical (unpaired) electrons. The highest BCUT2D eigenvalue weighted by Crippen LogP contribution is 2.27. The van der Waals surface area contributed by atoms with Crippen molar-refractivity contribution in [3.05, 3.63) is 44.4 Å². The Bertz CT molecular complexity index is 658. The smallest absolute Gasteiger partial charge is 0.140 e. The Morgan fingerprint density at radius 2 is 2.20 bits per heavy atom. The number of aromatic nitrogens is 1. The molecule has 0 aliphatic heterocycles. The molecule has 1 aromatic carbocycles. The molecule has 0 spiro atoms. The standard InChI is InChI=1S/C15H15ClN2OS/c1-9(2)15-13(7-17)20-14(18-15)8-19-12-5-4-11(16)6-10(12)3/h4-6,9H,8H2,1-3H3. The fraction of sp³-hybridized carbons (Fsp3) is 0.333. The van der Waals surface area contributed by atoms with Gasteiger partial charge in [-0.2, -0.15) is 5.26 Å². The summed E-state index contributed by atoms with van der Waals surface area (Å²) < 4.78 is 5.75. The number of ether oxygens (including phenoxy) is 1. The van der Waals surface area contributed by atoms with Crippen LogP contribution in [0.5, 0.6) is 5.75 Å². The largest absolute Gasteiger partial charge is 0.486 e. The number of aryl methyl sites for hydroxylation is 1. The number of rotatable bonds is 4. The molecular formula is C15H15ClN2OS. The lowest BCUT2D eigenvalue weighted by Crippen LogP contribution is -1.97. The number of nitrogens with zero attached hydrogens (tertiary/aromatic N) is 2. The highest BCUT2D eigenvalue weighted by atomic mass is 35.5. The Labute approximate surface area is 127 Å². The van der Waals surface area contributed by atoms with Gasteiger partial charge in [0, 0.05) is 5.02 Å². The first kappa shape index (κ1) is 14.8. The van der Waals surface area contributed by atoms with Crippen LogP contribution in [0.2, 0.25) is 5.02 Å². The number of benzene rings is 1. The maximum atomic E-state index is 9.11. The van der Waals surface area contributed by atoms with Gasteiger partial charge in [-0.3, -0.25) is 0 Å². The first-order valence-corrected chi connectivity index (χ1v) is 7.49. The summed E-state index contributed by atoms with van der Waals surface area (Å²) >= 11 is 7.30. The molecule has 104 valence electrons. The van der Waals surface area contributed by atoms with Crippen molar-refractivity contribution in [2.24, 2.45) is 0 Å². The predicted molar refractivity (Wildman–Crippen MR) is 81.4 cm³/mol. The van der Waals surface area contributed by atoms with Crippen LogP contribution in [0.1, 0.15) is 40.9 Å². The van der Waals surface area contributed by atoms with Crippen LogP contribution in [0.25, 0.3) is 0 Å². The van der Waals surface area contributed by atoms with Crippen molar-refractivity contribution in [1.82, 2.24) is 4.98 Å². The summed E-state index contributed by atoms with van der Waals surface area (Å²) in [6, 6.07) is 7.70. The van der Waals surface area contributed by atoms with Crippen LogP contribution in [-0.2, 0) is 6.61 Å². The summed E-state index contributed by atoms with van der Waals surface area (Å²) in [5.41, 5.74) is 1.84. The van der Waals surface area contributed by atoms with Crippen LogP contribution in [0.3, 0.4) is 0 Å². The molecule has 0 amide bonds. The zero-order valence-corrected chi connectivity index (χ0v) is 13.2. The lowest BCUT2D eigenvalue weighted by atomic mass is 10.1. The molecular weight excluding hydrogens is 292 g/mol. The first-order chi connectivity index (χ1) is 9.51. The van der Waals surface area contributed by atoms with E-state index in [1.54, 1.807) is 6.07 Å². The van der Waals surface area contributed by atoms with E-state index in [1.807, 2.05) is 32.9 Å². The molecule has 1 heterocycles. The Morgan fingerprint density at radius 1 is 1.45 bits per heavy atom. The van der Waals surface area contributed by atoms with Gasteiger partial charge in [0.05, 0.1) is 5.69 Å². The molecule has 5 heteroatoms. The molecule has 3 nitrogen and oxygen atoms in total. The molecule has 0 saturated carbocycles. The summed E-state index contributed by atoms with van der Waals surface area (Å²) in [6.45, 7) is 6.38. The van der Waals surface area contributed by atoms with E-state index >= 15 is 0 Å². The predicted octanol–water partition coefficient (Wildman–Crippen LogP) is 4.68. The summed E-state index contributed by atoms with van der Waals surface area (Å²) in [5.74, 6) is 1.03. The Kier molecular flexibility index (Phi) is 4.64. The van der Waals surface area contributed by atoms with E-state index in [1.165, 1.54) is 11.3 Å². The second kappa shape index (κ2) is 6.25. The maximum absolute atomic E-state index is 9.11. The maximum Gasteiger partial charge on any atom is 0.140 e. The normalized spacial score (nSPS) is 10.6. The van der Waals surface area contributed by atoms with Gasteiger partial charge in [-0.05, 0) is 36.6 Å². The third-order valence-electron chi connectivity index (χ3n) is 2.83. The van der Waals surface area contributed by atoms with E-state index < -0.39 is 0 Å². The van der Waals surface area contributed by atoms with Crippen molar-refractivity contribution < 1.29 is 4.74 Å². The molecule has 0 N–H and O–H groups in total. The molecule has 0 aliphatic rings. The summed E-state index contributed by atoms with van der Waals surface area (Å²) in [7, 11) is 0. The van der Waals surface area contributed by atoms with E-state index in [9.17, 15) is 0 Å². The van der Waals surface area contributed by atoms with Gasteiger partial charge < -0.3 is 4.74 Å². The minimum atomic E-state index is 0.243. The van der Waals surface area contributed by atoms with Crippen molar-refractivity contribution in [1.29, 1.82) is 5.26 Å². The number of hydrogen-bond acceptors (Lipinski definition) is 4. The van der Waals surface area contributed by atoms with Crippen LogP contribution >= 0.6 is 22.9 Å². The average Bonchev–Trinajstić information content (AvgIpc) is 2.81. The second-order valence-corrected chi connectivity index (χ2v) is 6.31. The van der Waals surface area contributed by atoms with Gasteiger partial charge in [0.2, 0.25) is 0 Å². The molecule has 0 fully saturated rings. The Hall–Kier alpha value is -1.57. The van der Waals surface area contributed by atoms with E-state index in [0.717, 1.165) is 22.0 Å². The monoisotopic (exact) mass is 306 g/mol. The van der Waals surface area contributed by atoms with Gasteiger partial charge in [-0.15, -0.1) is 11.3 Å². The van der Waals surface area contributed by atoms with Gasteiger partial charge in [0.25, 0.3) is 0 Å². The topological polar surface area (TPSA) is 45.9 Å². The Morgan fingerprint density at radius 3 is 2.75 bits per heavy atom. The van der Waals surface area contributed by atoms with E-state index in [4.69, 9.17) is 21.6 Å². The van der Waals surface area contributed by atoms with Crippen molar-refractivity contribution >= 4 is 22.9 Å². The van der Waals surface area contributed by atoms with Crippen LogP contribution in [0.15, 0.2) is 18.2 Å². The lowest BCUT2D eigenvalue weighted by molar-refractivity contribution is 0.303. The zero-order valence-electron chi connectivity index (χ0n) is 11.6. The average molecular weight is 307 g/mol. The SMILES string of the molecule is Cc1cc(Cl)ccc1OCc1nc(C(C)C)c(C#N)s1. The highest BCUT2D eigenvalue weighted by molar-refractivity contribution is 7.12. The summed E-state index contributed by atoms with van der Waals surface area (Å²) in [4.78, 5) is 5.16. The quantitative estimate of drug-likeness (QED) is 0.824. The van der Waals surface area contributed by atoms with Crippen LogP contribution in [0, 0.1) is 18.3 Å². The molecule has 1 aromatic heterocycles. The van der Waals surface area contributed by atoms with Gasteiger partial charge in [-0.1, -0.05) is 25.4 Å². The summed E-state index contributed by atoms with van der Waals surface area (Å²) in [5, 5.41) is 10.6. The Balaban J connectivity index is 2.13. The molecule has 0 unspecified atom stereocenters.